The van der Waals surface area contributed by atoms with Gasteiger partial charge in [0, 0.05) is 10.5 Å². The Balaban J connectivity index is 2.40. The number of aromatic nitrogens is 2. The van der Waals surface area contributed by atoms with E-state index >= 15 is 0 Å². The molecule has 1 aromatic heterocycles. The molecule has 0 aliphatic heterocycles. The van der Waals surface area contributed by atoms with Crippen molar-refractivity contribution in [3.05, 3.63) is 51.2 Å². The number of rotatable bonds is 2. The standard InChI is InChI=1S/C14H9BrF2N2OS/c1-20-9-5-7(15)4-8(6-9)19-13-11(18-14(19)21)3-2-10(16)12(13)17/h2-6H,1H3,(H,18,21). The van der Waals surface area contributed by atoms with E-state index in [0.29, 0.717) is 17.0 Å². The predicted molar refractivity (Wildman–Crippen MR) is 82.6 cm³/mol. The Morgan fingerprint density at radius 2 is 2.00 bits per heavy atom. The van der Waals surface area contributed by atoms with E-state index in [-0.39, 0.29) is 10.3 Å². The van der Waals surface area contributed by atoms with E-state index in [1.165, 1.54) is 17.7 Å². The summed E-state index contributed by atoms with van der Waals surface area (Å²) >= 11 is 8.58. The molecule has 0 saturated carbocycles. The highest BCUT2D eigenvalue weighted by Gasteiger charge is 2.15. The normalized spacial score (nSPS) is 11.0. The largest absolute Gasteiger partial charge is 0.497 e. The van der Waals surface area contributed by atoms with Gasteiger partial charge >= 0.3 is 0 Å². The smallest absolute Gasteiger partial charge is 0.184 e. The lowest BCUT2D eigenvalue weighted by atomic mass is 10.2. The fourth-order valence-electron chi connectivity index (χ4n) is 2.17. The molecule has 0 bridgehead atoms. The van der Waals surface area contributed by atoms with Gasteiger partial charge in [-0.1, -0.05) is 15.9 Å². The quantitative estimate of drug-likeness (QED) is 0.660. The zero-order valence-corrected chi connectivity index (χ0v) is 13.2. The molecule has 0 saturated heterocycles. The average Bonchev–Trinajstić information content (AvgIpc) is 2.79. The van der Waals surface area contributed by atoms with Crippen molar-refractivity contribution in [1.29, 1.82) is 0 Å². The topological polar surface area (TPSA) is 29.9 Å². The number of aromatic amines is 1. The molecule has 3 aromatic rings. The summed E-state index contributed by atoms with van der Waals surface area (Å²) in [5.74, 6) is -1.29. The molecule has 3 nitrogen and oxygen atoms in total. The SMILES string of the molecule is COc1cc(Br)cc(-n2c(=S)[nH]c3ccc(F)c(F)c32)c1. The second kappa shape index (κ2) is 5.23. The number of nitrogens with one attached hydrogen (secondary N) is 1. The first kappa shape index (κ1) is 14.2. The zero-order valence-electron chi connectivity index (χ0n) is 10.8. The van der Waals surface area contributed by atoms with E-state index in [9.17, 15) is 8.78 Å². The molecule has 1 N–H and O–H groups in total. The number of halogens is 3. The van der Waals surface area contributed by atoms with Gasteiger partial charge in [0.2, 0.25) is 0 Å². The zero-order chi connectivity index (χ0) is 15.1. The van der Waals surface area contributed by atoms with Crippen molar-refractivity contribution in [3.8, 4) is 11.4 Å². The van der Waals surface area contributed by atoms with Gasteiger partial charge in [-0.25, -0.2) is 8.78 Å². The number of hydrogen-bond donors (Lipinski definition) is 1. The lowest BCUT2D eigenvalue weighted by Gasteiger charge is -2.09. The number of nitrogens with zero attached hydrogens (tertiary/aromatic N) is 1. The van der Waals surface area contributed by atoms with E-state index < -0.39 is 11.6 Å². The monoisotopic (exact) mass is 370 g/mol. The van der Waals surface area contributed by atoms with Gasteiger partial charge in [0.05, 0.1) is 18.3 Å². The Kier molecular flexibility index (Phi) is 3.54. The first-order chi connectivity index (χ1) is 10.0. The van der Waals surface area contributed by atoms with Crippen LogP contribution in [0.4, 0.5) is 8.78 Å². The van der Waals surface area contributed by atoms with Gasteiger partial charge in [0.1, 0.15) is 11.3 Å². The summed E-state index contributed by atoms with van der Waals surface area (Å²) < 4.78 is 35.3. The number of H-pyrrole nitrogens is 1. The summed E-state index contributed by atoms with van der Waals surface area (Å²) in [6, 6.07) is 7.72. The lowest BCUT2D eigenvalue weighted by Crippen LogP contribution is -1.98. The third-order valence-corrected chi connectivity index (χ3v) is 3.83. The van der Waals surface area contributed by atoms with Gasteiger partial charge in [-0.05, 0) is 36.5 Å². The fraction of sp³-hybridized carbons (Fsp3) is 0.0714. The van der Waals surface area contributed by atoms with Crippen LogP contribution in [0.1, 0.15) is 0 Å². The van der Waals surface area contributed by atoms with Crippen molar-refractivity contribution < 1.29 is 13.5 Å². The molecule has 2 aromatic carbocycles. The maximum absolute atomic E-state index is 14.1. The molecular weight excluding hydrogens is 362 g/mol. The Morgan fingerprint density at radius 3 is 2.71 bits per heavy atom. The molecule has 21 heavy (non-hydrogen) atoms. The molecule has 1 heterocycles. The first-order valence-corrected chi connectivity index (χ1v) is 7.15. The third-order valence-electron chi connectivity index (χ3n) is 3.09. The van der Waals surface area contributed by atoms with Crippen LogP contribution in [0.2, 0.25) is 0 Å². The molecule has 0 unspecified atom stereocenters. The number of ether oxygens (including phenoxy) is 1. The summed E-state index contributed by atoms with van der Waals surface area (Å²) in [5, 5.41) is 0. The maximum Gasteiger partial charge on any atom is 0.184 e. The minimum absolute atomic E-state index is 0.0696. The number of methoxy groups -OCH3 is 1. The van der Waals surface area contributed by atoms with E-state index in [1.54, 1.807) is 18.2 Å². The van der Waals surface area contributed by atoms with Crippen LogP contribution < -0.4 is 4.74 Å². The maximum atomic E-state index is 14.1. The minimum Gasteiger partial charge on any atom is -0.497 e. The summed E-state index contributed by atoms with van der Waals surface area (Å²) in [5.41, 5.74) is 1.07. The Morgan fingerprint density at radius 1 is 1.24 bits per heavy atom. The minimum atomic E-state index is -0.946. The highest BCUT2D eigenvalue weighted by atomic mass is 79.9. The summed E-state index contributed by atoms with van der Waals surface area (Å²) in [4.78, 5) is 2.87. The van der Waals surface area contributed by atoms with Gasteiger partial charge in [-0.2, -0.15) is 0 Å². The average molecular weight is 371 g/mol. The van der Waals surface area contributed by atoms with Crippen LogP contribution in [0.5, 0.6) is 5.75 Å². The van der Waals surface area contributed by atoms with Crippen LogP contribution in [0, 0.1) is 16.4 Å². The van der Waals surface area contributed by atoms with Gasteiger partial charge in [0.25, 0.3) is 0 Å². The van der Waals surface area contributed by atoms with E-state index in [4.69, 9.17) is 17.0 Å². The summed E-state index contributed by atoms with van der Waals surface area (Å²) in [6.45, 7) is 0. The van der Waals surface area contributed by atoms with Gasteiger partial charge in [0.15, 0.2) is 16.4 Å². The Bertz CT molecular complexity index is 904. The lowest BCUT2D eigenvalue weighted by molar-refractivity contribution is 0.414. The first-order valence-electron chi connectivity index (χ1n) is 5.95. The molecule has 7 heteroatoms. The molecule has 0 fully saturated rings. The third kappa shape index (κ3) is 2.36. The highest BCUT2D eigenvalue weighted by Crippen LogP contribution is 2.28. The van der Waals surface area contributed by atoms with Crippen molar-refractivity contribution in [2.24, 2.45) is 0 Å². The van der Waals surface area contributed by atoms with Crippen LogP contribution in [-0.4, -0.2) is 16.7 Å². The number of benzene rings is 2. The second-order valence-electron chi connectivity index (χ2n) is 4.37. The van der Waals surface area contributed by atoms with Crippen LogP contribution in [0.25, 0.3) is 16.7 Å². The molecule has 0 amide bonds. The summed E-state index contributed by atoms with van der Waals surface area (Å²) in [6.07, 6.45) is 0. The van der Waals surface area contributed by atoms with Crippen molar-refractivity contribution in [2.75, 3.05) is 7.11 Å². The Labute approximate surface area is 132 Å². The molecular formula is C14H9BrF2N2OS. The number of fused-ring (bicyclic) bond motifs is 1. The van der Waals surface area contributed by atoms with Gasteiger partial charge in [-0.15, -0.1) is 0 Å². The van der Waals surface area contributed by atoms with Crippen LogP contribution in [0.15, 0.2) is 34.8 Å². The van der Waals surface area contributed by atoms with Crippen LogP contribution in [0.3, 0.4) is 0 Å². The summed E-state index contributed by atoms with van der Waals surface area (Å²) in [7, 11) is 1.53. The van der Waals surface area contributed by atoms with Crippen molar-refractivity contribution in [2.45, 2.75) is 0 Å². The van der Waals surface area contributed by atoms with E-state index in [0.717, 1.165) is 10.5 Å². The molecule has 0 radical (unpaired) electrons. The van der Waals surface area contributed by atoms with Gasteiger partial charge < -0.3 is 9.72 Å². The Hall–Kier alpha value is -1.73. The molecule has 108 valence electrons. The molecule has 0 atom stereocenters. The van der Waals surface area contributed by atoms with Crippen molar-refractivity contribution in [3.63, 3.8) is 0 Å². The van der Waals surface area contributed by atoms with Crippen molar-refractivity contribution >= 4 is 39.2 Å². The predicted octanol–water partition coefficient (Wildman–Crippen LogP) is 4.74. The van der Waals surface area contributed by atoms with Crippen molar-refractivity contribution in [1.82, 2.24) is 9.55 Å². The second-order valence-corrected chi connectivity index (χ2v) is 5.67. The number of hydrogen-bond acceptors (Lipinski definition) is 2. The van der Waals surface area contributed by atoms with Gasteiger partial charge in [-0.3, -0.25) is 4.57 Å². The van der Waals surface area contributed by atoms with E-state index in [2.05, 4.69) is 20.9 Å². The number of imidazole rings is 1. The van der Waals surface area contributed by atoms with Crippen LogP contribution in [-0.2, 0) is 0 Å². The highest BCUT2D eigenvalue weighted by molar-refractivity contribution is 9.10. The van der Waals surface area contributed by atoms with Crippen LogP contribution >= 0.6 is 28.1 Å². The molecule has 0 aliphatic rings. The fourth-order valence-corrected chi connectivity index (χ4v) is 2.94. The molecule has 0 aliphatic carbocycles. The molecule has 0 spiro atoms. The molecule has 3 rings (SSSR count). The van der Waals surface area contributed by atoms with E-state index in [1.807, 2.05) is 0 Å².